The molecule has 1 N–H and O–H groups in total. The van der Waals surface area contributed by atoms with E-state index in [0.29, 0.717) is 111 Å². The predicted molar refractivity (Wildman–Crippen MR) is 324 cm³/mol. The van der Waals surface area contributed by atoms with Gasteiger partial charge in [0, 0.05) is 86.7 Å². The summed E-state index contributed by atoms with van der Waals surface area (Å²) in [5.74, 6) is 5.74. The molecular weight excluding hydrogens is 1100 g/mol. The Morgan fingerprint density at radius 1 is 0.614 bits per heavy atom. The van der Waals surface area contributed by atoms with Gasteiger partial charge in [0.25, 0.3) is 0 Å². The van der Waals surface area contributed by atoms with E-state index >= 15 is 0 Å². The zero-order valence-corrected chi connectivity index (χ0v) is 50.8. The average molecular weight is 1190 g/mol. The summed E-state index contributed by atoms with van der Waals surface area (Å²) in [5, 5.41) is 8.23. The number of carbonyl (C=O) groups excluding carboxylic acids is 2. The molecule has 0 radical (unpaired) electrons. The minimum absolute atomic E-state index is 0.0774. The minimum Gasteiger partial charge on any atom is -0.493 e. The Labute approximate surface area is 488 Å². The van der Waals surface area contributed by atoms with E-state index in [4.69, 9.17) is 28.4 Å². The van der Waals surface area contributed by atoms with Gasteiger partial charge >= 0.3 is 6.03 Å². The lowest BCUT2D eigenvalue weighted by Gasteiger charge is -2.40. The molecule has 2 saturated heterocycles. The summed E-state index contributed by atoms with van der Waals surface area (Å²) in [6, 6.07) is 22.0. The third-order valence-corrected chi connectivity index (χ3v) is 17.4. The topological polar surface area (TPSA) is 238 Å². The lowest BCUT2D eigenvalue weighted by Crippen LogP contribution is -2.54. The van der Waals surface area contributed by atoms with Crippen LogP contribution in [-0.2, 0) is 24.5 Å². The van der Waals surface area contributed by atoms with Crippen LogP contribution < -0.4 is 48.5 Å². The molecule has 450 valence electrons. The van der Waals surface area contributed by atoms with Crippen LogP contribution in [-0.4, -0.2) is 174 Å². The Hall–Kier alpha value is -7.44. The fourth-order valence-corrected chi connectivity index (χ4v) is 12.8. The summed E-state index contributed by atoms with van der Waals surface area (Å²) in [6.45, 7) is 18.8. The summed E-state index contributed by atoms with van der Waals surface area (Å²) >= 11 is 0. The van der Waals surface area contributed by atoms with Crippen molar-refractivity contribution in [2.75, 3.05) is 123 Å². The first-order valence-electron chi connectivity index (χ1n) is 28.2. The third kappa shape index (κ3) is 18.0. The number of fused-ring (bicyclic) bond motifs is 2. The number of rotatable bonds is 26. The zero-order chi connectivity index (χ0) is 59.7. The Kier molecular flexibility index (Phi) is 22.6. The second-order valence-electron chi connectivity index (χ2n) is 21.1. The third-order valence-electron chi connectivity index (χ3n) is 13.4. The molecule has 0 unspecified atom stereocenters. The van der Waals surface area contributed by atoms with E-state index < -0.39 is 19.7 Å². The molecule has 0 aliphatic carbocycles. The smallest absolute Gasteiger partial charge is 0.321 e. The van der Waals surface area contributed by atoms with Gasteiger partial charge in [-0.15, -0.1) is 0 Å². The standard InChI is InChI=1S/C30H41N5O6S.C29H39N5O6S/c1-22(2)19-42(37,38)16-6-15-40-29-18-27-26(17-28(29)39-5)30(32-20-31-27)33-11-13-34(14-12-33)35(21-36)24-7-9-25(10-8-24)41-23(3)4;1-5-16-41(36,37)17-6-15-39-27-19-25-24(18-26(27)38-4)28(31-20-30-25)33-11-13-34(14-12-33)29(35)32-22-7-9-23(10-8-22)40-21(2)3/h7-10,17-18,20-23H,6,11-16,19H2,1-5H3;7-10,18-21H,5-6,11-17H2,1-4H3,(H,32,35). The minimum atomic E-state index is -3.10. The average Bonchev–Trinajstić information content (AvgIpc) is 3.66. The molecule has 2 aliphatic heterocycles. The number of benzene rings is 4. The van der Waals surface area contributed by atoms with Crippen LogP contribution in [0.5, 0.6) is 34.5 Å². The number of piperazine rings is 2. The van der Waals surface area contributed by atoms with Crippen LogP contribution in [0.2, 0.25) is 0 Å². The van der Waals surface area contributed by atoms with Crippen molar-refractivity contribution < 1.29 is 54.8 Å². The summed E-state index contributed by atoms with van der Waals surface area (Å²) in [6.07, 6.45) is 5.43. The van der Waals surface area contributed by atoms with Crippen LogP contribution in [0.4, 0.5) is 27.8 Å². The van der Waals surface area contributed by atoms with Crippen molar-refractivity contribution in [2.45, 2.75) is 79.9 Å². The number of sulfone groups is 2. The zero-order valence-electron chi connectivity index (χ0n) is 49.2. The molecule has 0 saturated carbocycles. The number of carbonyl (C=O) groups is 2. The van der Waals surface area contributed by atoms with Gasteiger partial charge in [0.05, 0.1) is 73.6 Å². The van der Waals surface area contributed by atoms with Crippen molar-refractivity contribution in [1.29, 1.82) is 0 Å². The maximum atomic E-state index is 12.9. The molecule has 0 bridgehead atoms. The van der Waals surface area contributed by atoms with E-state index in [0.717, 1.165) is 46.0 Å². The number of ether oxygens (including phenoxy) is 6. The number of hydrazine groups is 1. The van der Waals surface area contributed by atoms with Gasteiger partial charge in [-0.1, -0.05) is 20.8 Å². The Morgan fingerprint density at radius 3 is 1.53 bits per heavy atom. The lowest BCUT2D eigenvalue weighted by molar-refractivity contribution is -0.110. The first-order valence-corrected chi connectivity index (χ1v) is 31.8. The van der Waals surface area contributed by atoms with Crippen LogP contribution in [0, 0.1) is 5.92 Å². The van der Waals surface area contributed by atoms with Crippen LogP contribution >= 0.6 is 0 Å². The van der Waals surface area contributed by atoms with Crippen molar-refractivity contribution in [3.05, 3.63) is 85.5 Å². The molecule has 0 atom stereocenters. The first kappa shape index (κ1) is 63.1. The highest BCUT2D eigenvalue weighted by atomic mass is 32.2. The number of aromatic nitrogens is 4. The monoisotopic (exact) mass is 1180 g/mol. The quantitative estimate of drug-likeness (QED) is 0.0397. The Balaban J connectivity index is 0.000000239. The molecule has 22 nitrogen and oxygen atoms in total. The van der Waals surface area contributed by atoms with E-state index in [9.17, 15) is 26.4 Å². The summed E-state index contributed by atoms with van der Waals surface area (Å²) < 4.78 is 82.7. The molecule has 2 aliphatic rings. The van der Waals surface area contributed by atoms with Gasteiger partial charge in [-0.05, 0) is 114 Å². The van der Waals surface area contributed by atoms with Gasteiger partial charge < -0.3 is 48.4 Å². The van der Waals surface area contributed by atoms with Gasteiger partial charge in [-0.3, -0.25) is 4.79 Å². The van der Waals surface area contributed by atoms with Crippen molar-refractivity contribution in [1.82, 2.24) is 29.8 Å². The number of hydrogen-bond donors (Lipinski definition) is 1. The molecular formula is C59H80N10O12S2. The molecule has 4 heterocycles. The normalized spacial score (nSPS) is 14.1. The van der Waals surface area contributed by atoms with Gasteiger partial charge in [-0.2, -0.15) is 0 Å². The van der Waals surface area contributed by atoms with Crippen molar-refractivity contribution >= 4 is 76.9 Å². The highest BCUT2D eigenvalue weighted by Gasteiger charge is 2.27. The summed E-state index contributed by atoms with van der Waals surface area (Å²) in [5.41, 5.74) is 2.87. The van der Waals surface area contributed by atoms with E-state index in [-0.39, 0.29) is 60.4 Å². The highest BCUT2D eigenvalue weighted by molar-refractivity contribution is 7.91. The fourth-order valence-electron chi connectivity index (χ4n) is 9.65. The summed E-state index contributed by atoms with van der Waals surface area (Å²) in [4.78, 5) is 49.0. The number of amides is 3. The fraction of sp³-hybridized carbons (Fsp3) is 0.492. The second-order valence-corrected chi connectivity index (χ2v) is 25.7. The molecule has 4 aromatic carbocycles. The maximum Gasteiger partial charge on any atom is 0.321 e. The Morgan fingerprint density at radius 2 is 1.08 bits per heavy atom. The lowest BCUT2D eigenvalue weighted by atomic mass is 10.2. The number of nitrogens with zero attached hydrogens (tertiary/aromatic N) is 9. The van der Waals surface area contributed by atoms with Crippen molar-refractivity contribution in [3.8, 4) is 34.5 Å². The number of methoxy groups -OCH3 is 2. The van der Waals surface area contributed by atoms with E-state index in [1.165, 1.54) is 12.7 Å². The largest absolute Gasteiger partial charge is 0.493 e. The van der Waals surface area contributed by atoms with Crippen LogP contribution in [0.1, 0.15) is 67.7 Å². The SMILES string of the molecule is CCCS(=O)(=O)CCCOc1cc2ncnc(N3CCN(C(=O)Nc4ccc(OC(C)C)cc4)CC3)c2cc1OC.COc1cc2c(N3CCN(N(C=O)c4ccc(OC(C)C)cc4)CC3)ncnc2cc1OCCCS(=O)(=O)CC(C)C. The molecule has 0 spiro atoms. The van der Waals surface area contributed by atoms with Gasteiger partial charge in [0.15, 0.2) is 32.8 Å². The van der Waals surface area contributed by atoms with E-state index in [1.54, 1.807) is 36.3 Å². The van der Waals surface area contributed by atoms with E-state index in [1.807, 2.05) is 114 Å². The van der Waals surface area contributed by atoms with Crippen LogP contribution in [0.25, 0.3) is 21.8 Å². The molecule has 3 amide bonds. The van der Waals surface area contributed by atoms with Crippen molar-refractivity contribution in [3.63, 3.8) is 0 Å². The Bertz CT molecular complexity index is 3300. The van der Waals surface area contributed by atoms with Gasteiger partial charge in [-0.25, -0.2) is 51.6 Å². The molecule has 83 heavy (non-hydrogen) atoms. The second kappa shape index (κ2) is 29.7. The predicted octanol–water partition coefficient (Wildman–Crippen LogP) is 8.34. The molecule has 8 rings (SSSR count). The summed E-state index contributed by atoms with van der Waals surface area (Å²) in [7, 11) is -3.03. The number of hydrogen-bond acceptors (Lipinski definition) is 19. The number of urea groups is 1. The molecule has 2 fully saturated rings. The molecule has 6 aromatic rings. The number of nitrogens with one attached hydrogen (secondary N) is 1. The van der Waals surface area contributed by atoms with Gasteiger partial charge in [0.2, 0.25) is 6.41 Å². The number of anilines is 4. The van der Waals surface area contributed by atoms with E-state index in [2.05, 4.69) is 35.1 Å². The van der Waals surface area contributed by atoms with Crippen molar-refractivity contribution in [2.24, 2.45) is 5.92 Å². The van der Waals surface area contributed by atoms with Gasteiger partial charge in [0.1, 0.15) is 45.6 Å². The highest BCUT2D eigenvalue weighted by Crippen LogP contribution is 2.37. The van der Waals surface area contributed by atoms with Crippen LogP contribution in [0.3, 0.4) is 0 Å². The molecule has 24 heteroatoms. The maximum absolute atomic E-state index is 12.9. The first-order chi connectivity index (χ1) is 39.8. The molecule has 2 aromatic heterocycles. The van der Waals surface area contributed by atoms with Crippen LogP contribution in [0.15, 0.2) is 85.5 Å².